The maximum atomic E-state index is 12.8. The van der Waals surface area contributed by atoms with Crippen LogP contribution in [-0.2, 0) is 19.6 Å². The lowest BCUT2D eigenvalue weighted by Gasteiger charge is -2.14. The van der Waals surface area contributed by atoms with Gasteiger partial charge in [-0.3, -0.25) is 14.5 Å². The molecule has 10 heteroatoms. The van der Waals surface area contributed by atoms with Crippen LogP contribution in [0.1, 0.15) is 12.0 Å². The monoisotopic (exact) mass is 521 g/mol. The van der Waals surface area contributed by atoms with Gasteiger partial charge in [-0.15, -0.1) is 11.0 Å². The first-order valence-corrected chi connectivity index (χ1v) is 12.4. The fraction of sp³-hybridized carbons (Fsp3) is 0.190. The molecule has 1 N–H and O–H groups in total. The van der Waals surface area contributed by atoms with Gasteiger partial charge in [0.25, 0.3) is 10.0 Å². The fourth-order valence-electron chi connectivity index (χ4n) is 2.85. The Kier molecular flexibility index (Phi) is 7.34. The lowest BCUT2D eigenvalue weighted by atomic mass is 10.2. The number of para-hydroxylation sites is 1. The van der Waals surface area contributed by atoms with Crippen molar-refractivity contribution in [2.75, 3.05) is 11.9 Å². The van der Waals surface area contributed by atoms with Crippen LogP contribution < -0.4 is 5.32 Å². The van der Waals surface area contributed by atoms with Crippen LogP contribution in [0.15, 0.2) is 75.0 Å². The number of hydrogen-bond acceptors (Lipinski definition) is 5. The van der Waals surface area contributed by atoms with E-state index in [0.717, 1.165) is 21.8 Å². The van der Waals surface area contributed by atoms with Crippen LogP contribution >= 0.6 is 27.7 Å². The van der Waals surface area contributed by atoms with Gasteiger partial charge in [0.05, 0.1) is 4.90 Å². The molecular formula is C21H20BrN3O4S2. The lowest BCUT2D eigenvalue weighted by Crippen LogP contribution is -2.34. The van der Waals surface area contributed by atoms with Gasteiger partial charge in [0, 0.05) is 23.1 Å². The van der Waals surface area contributed by atoms with Crippen LogP contribution in [0.2, 0.25) is 0 Å². The highest BCUT2D eigenvalue weighted by Crippen LogP contribution is 2.31. The summed E-state index contributed by atoms with van der Waals surface area (Å²) in [6.07, 6.45) is 1.37. The molecular weight excluding hydrogens is 502 g/mol. The van der Waals surface area contributed by atoms with Crippen molar-refractivity contribution in [2.45, 2.75) is 23.5 Å². The third-order valence-electron chi connectivity index (χ3n) is 4.43. The second kappa shape index (κ2) is 9.80. The maximum Gasteiger partial charge on any atom is 0.284 e. The fourth-order valence-corrected chi connectivity index (χ4v) is 5.48. The SMILES string of the molecule is C=CCN1C(=O)C(CC(=O)Nc2ccccc2C)S/C1=N/S(=O)(=O)c1ccc(Br)cc1. The summed E-state index contributed by atoms with van der Waals surface area (Å²) in [5, 5.41) is 2.05. The predicted molar refractivity (Wildman–Crippen MR) is 126 cm³/mol. The molecule has 1 atom stereocenters. The molecule has 1 heterocycles. The lowest BCUT2D eigenvalue weighted by molar-refractivity contribution is -0.127. The van der Waals surface area contributed by atoms with Crippen LogP contribution in [0.25, 0.3) is 0 Å². The van der Waals surface area contributed by atoms with E-state index in [1.807, 2.05) is 25.1 Å². The number of carbonyl (C=O) groups excluding carboxylic acids is 2. The van der Waals surface area contributed by atoms with Gasteiger partial charge in [-0.2, -0.15) is 8.42 Å². The first kappa shape index (κ1) is 23.2. The number of rotatable bonds is 7. The van der Waals surface area contributed by atoms with E-state index < -0.39 is 15.3 Å². The Morgan fingerprint density at radius 1 is 1.26 bits per heavy atom. The van der Waals surface area contributed by atoms with Crippen molar-refractivity contribution in [3.8, 4) is 0 Å². The quantitative estimate of drug-likeness (QED) is 0.556. The third kappa shape index (κ3) is 5.63. The normalized spacial score (nSPS) is 17.7. The molecule has 2 aromatic rings. The number of anilines is 1. The van der Waals surface area contributed by atoms with Crippen molar-refractivity contribution >= 4 is 60.4 Å². The molecule has 1 unspecified atom stereocenters. The Balaban J connectivity index is 1.80. The minimum absolute atomic E-state index is 0.00977. The number of amidine groups is 1. The van der Waals surface area contributed by atoms with Gasteiger partial charge in [-0.1, -0.05) is 52.0 Å². The minimum Gasteiger partial charge on any atom is -0.326 e. The van der Waals surface area contributed by atoms with Crippen molar-refractivity contribution in [1.29, 1.82) is 0 Å². The number of carbonyl (C=O) groups is 2. The first-order chi connectivity index (χ1) is 14.7. The van der Waals surface area contributed by atoms with Gasteiger partial charge in [0.1, 0.15) is 5.25 Å². The number of aryl methyl sites for hydroxylation is 1. The highest BCUT2D eigenvalue weighted by atomic mass is 79.9. The van der Waals surface area contributed by atoms with Gasteiger partial charge in [0.2, 0.25) is 11.8 Å². The van der Waals surface area contributed by atoms with E-state index in [0.29, 0.717) is 5.69 Å². The number of nitrogens with zero attached hydrogens (tertiary/aromatic N) is 2. The number of benzene rings is 2. The van der Waals surface area contributed by atoms with Crippen LogP contribution in [0.3, 0.4) is 0 Å². The van der Waals surface area contributed by atoms with Crippen LogP contribution in [0.4, 0.5) is 5.69 Å². The number of nitrogens with one attached hydrogen (secondary N) is 1. The van der Waals surface area contributed by atoms with Gasteiger partial charge in [-0.05, 0) is 42.8 Å². The Bertz CT molecular complexity index is 1150. The van der Waals surface area contributed by atoms with E-state index in [2.05, 4.69) is 32.2 Å². The van der Waals surface area contributed by atoms with E-state index in [4.69, 9.17) is 0 Å². The topological polar surface area (TPSA) is 95.9 Å². The number of hydrogen-bond donors (Lipinski definition) is 1. The average Bonchev–Trinajstić information content (AvgIpc) is 2.98. The Hall–Kier alpha value is -2.43. The maximum absolute atomic E-state index is 12.8. The molecule has 31 heavy (non-hydrogen) atoms. The van der Waals surface area contributed by atoms with Crippen LogP contribution in [-0.4, -0.2) is 42.1 Å². The summed E-state index contributed by atoms with van der Waals surface area (Å²) in [5.41, 5.74) is 1.56. The van der Waals surface area contributed by atoms with E-state index in [1.54, 1.807) is 18.2 Å². The molecule has 3 rings (SSSR count). The van der Waals surface area contributed by atoms with Gasteiger partial charge < -0.3 is 5.32 Å². The van der Waals surface area contributed by atoms with Gasteiger partial charge in [-0.25, -0.2) is 0 Å². The molecule has 0 bridgehead atoms. The molecule has 162 valence electrons. The summed E-state index contributed by atoms with van der Waals surface area (Å²) in [4.78, 5) is 26.6. The van der Waals surface area contributed by atoms with Crippen molar-refractivity contribution < 1.29 is 18.0 Å². The zero-order valence-electron chi connectivity index (χ0n) is 16.6. The second-order valence-corrected chi connectivity index (χ2v) is 10.4. The van der Waals surface area contributed by atoms with Crippen molar-refractivity contribution in [2.24, 2.45) is 4.40 Å². The summed E-state index contributed by atoms with van der Waals surface area (Å²) in [7, 11) is -4.02. The van der Waals surface area contributed by atoms with Crippen molar-refractivity contribution in [3.05, 3.63) is 71.2 Å². The second-order valence-electron chi connectivity index (χ2n) is 6.71. The molecule has 0 saturated carbocycles. The third-order valence-corrected chi connectivity index (χ3v) is 7.53. The molecule has 1 fully saturated rings. The summed E-state index contributed by atoms with van der Waals surface area (Å²) in [6, 6.07) is 13.4. The molecule has 2 aromatic carbocycles. The zero-order valence-corrected chi connectivity index (χ0v) is 19.8. The highest BCUT2D eigenvalue weighted by Gasteiger charge is 2.39. The molecule has 0 radical (unpaired) electrons. The standard InChI is InChI=1S/C21H20BrN3O4S2/c1-3-12-25-20(27)18(13-19(26)23-17-7-5-4-6-14(17)2)30-21(25)24-31(28,29)16-10-8-15(22)9-11-16/h3-11,18H,1,12-13H2,2H3,(H,23,26)/b24-21+. The van der Waals surface area contributed by atoms with E-state index >= 15 is 0 Å². The van der Waals surface area contributed by atoms with E-state index in [1.165, 1.54) is 23.1 Å². The number of halogens is 1. The molecule has 0 aromatic heterocycles. The Morgan fingerprint density at radius 3 is 2.58 bits per heavy atom. The average molecular weight is 522 g/mol. The van der Waals surface area contributed by atoms with Crippen LogP contribution in [0.5, 0.6) is 0 Å². The Morgan fingerprint density at radius 2 is 1.94 bits per heavy atom. The van der Waals surface area contributed by atoms with Gasteiger partial charge in [0.15, 0.2) is 5.17 Å². The van der Waals surface area contributed by atoms with E-state index in [-0.39, 0.29) is 34.8 Å². The Labute approximate surface area is 193 Å². The van der Waals surface area contributed by atoms with Crippen LogP contribution in [0, 0.1) is 6.92 Å². The summed E-state index contributed by atoms with van der Waals surface area (Å²) in [6.45, 7) is 5.58. The first-order valence-electron chi connectivity index (χ1n) is 9.26. The molecule has 1 saturated heterocycles. The zero-order chi connectivity index (χ0) is 22.6. The molecule has 7 nitrogen and oxygen atoms in total. The van der Waals surface area contributed by atoms with Crippen molar-refractivity contribution in [3.63, 3.8) is 0 Å². The molecule has 0 spiro atoms. The molecule has 2 amide bonds. The summed E-state index contributed by atoms with van der Waals surface area (Å²) >= 11 is 4.22. The molecule has 1 aliphatic rings. The molecule has 1 aliphatic heterocycles. The van der Waals surface area contributed by atoms with Crippen molar-refractivity contribution in [1.82, 2.24) is 4.90 Å². The van der Waals surface area contributed by atoms with E-state index in [9.17, 15) is 18.0 Å². The number of thioether (sulfide) groups is 1. The summed E-state index contributed by atoms with van der Waals surface area (Å²) in [5.74, 6) is -0.717. The highest BCUT2D eigenvalue weighted by molar-refractivity contribution is 9.10. The van der Waals surface area contributed by atoms with Gasteiger partial charge >= 0.3 is 0 Å². The number of amides is 2. The molecule has 0 aliphatic carbocycles. The summed E-state index contributed by atoms with van der Waals surface area (Å²) < 4.78 is 30.0. The smallest absolute Gasteiger partial charge is 0.284 e. The predicted octanol–water partition coefficient (Wildman–Crippen LogP) is 3.96. The number of sulfonamides is 1. The largest absolute Gasteiger partial charge is 0.326 e. The minimum atomic E-state index is -4.02.